The van der Waals surface area contributed by atoms with Crippen LogP contribution in [0.5, 0.6) is 0 Å². The average molecular weight is 263 g/mol. The van der Waals surface area contributed by atoms with Crippen molar-refractivity contribution in [3.63, 3.8) is 0 Å². The van der Waals surface area contributed by atoms with Crippen molar-refractivity contribution in [2.75, 3.05) is 11.9 Å². The quantitative estimate of drug-likeness (QED) is 0.889. The van der Waals surface area contributed by atoms with Crippen molar-refractivity contribution in [2.45, 2.75) is 13.0 Å². The molecule has 0 saturated carbocycles. The molecule has 1 heterocycles. The van der Waals surface area contributed by atoms with E-state index in [1.165, 1.54) is 0 Å². The highest BCUT2D eigenvalue weighted by Gasteiger charge is 2.03. The van der Waals surface area contributed by atoms with E-state index in [1.807, 2.05) is 43.3 Å². The summed E-state index contributed by atoms with van der Waals surface area (Å²) in [6.45, 7) is 2.55. The summed E-state index contributed by atoms with van der Waals surface area (Å²) in [6.07, 6.45) is 0. The molecule has 2 aromatic rings. The minimum absolute atomic E-state index is 0.181. The lowest BCUT2D eigenvalue weighted by atomic mass is 10.1. The third-order valence-electron chi connectivity index (χ3n) is 2.55. The van der Waals surface area contributed by atoms with E-state index < -0.39 is 0 Å². The van der Waals surface area contributed by atoms with Gasteiger partial charge in [-0.2, -0.15) is 0 Å². The van der Waals surface area contributed by atoms with Crippen molar-refractivity contribution in [2.24, 2.45) is 5.73 Å². The van der Waals surface area contributed by atoms with E-state index in [2.05, 4.69) is 15.5 Å². The summed E-state index contributed by atoms with van der Waals surface area (Å²) in [5.74, 6) is 0.727. The van der Waals surface area contributed by atoms with Crippen molar-refractivity contribution in [3.05, 3.63) is 41.4 Å². The lowest BCUT2D eigenvalue weighted by molar-refractivity contribution is 0.792. The van der Waals surface area contributed by atoms with E-state index in [4.69, 9.17) is 17.3 Å². The average Bonchev–Trinajstić information content (AvgIpc) is 2.40. The number of halogens is 1. The van der Waals surface area contributed by atoms with Gasteiger partial charge in [0, 0.05) is 23.2 Å². The van der Waals surface area contributed by atoms with E-state index >= 15 is 0 Å². The molecule has 18 heavy (non-hydrogen) atoms. The van der Waals surface area contributed by atoms with Crippen LogP contribution in [0.15, 0.2) is 36.4 Å². The van der Waals surface area contributed by atoms with Crippen LogP contribution in [0.25, 0.3) is 11.3 Å². The van der Waals surface area contributed by atoms with E-state index in [9.17, 15) is 0 Å². The lowest BCUT2D eigenvalue weighted by Gasteiger charge is -2.11. The summed E-state index contributed by atoms with van der Waals surface area (Å²) in [4.78, 5) is 0. The minimum atomic E-state index is 0.181. The minimum Gasteiger partial charge on any atom is -0.365 e. The van der Waals surface area contributed by atoms with E-state index in [-0.39, 0.29) is 6.04 Å². The first-order valence-corrected chi connectivity index (χ1v) is 6.13. The van der Waals surface area contributed by atoms with E-state index in [0.29, 0.717) is 11.6 Å². The van der Waals surface area contributed by atoms with Gasteiger partial charge >= 0.3 is 0 Å². The zero-order valence-corrected chi connectivity index (χ0v) is 10.9. The molecule has 4 nitrogen and oxygen atoms in total. The second-order valence-corrected chi connectivity index (χ2v) is 4.53. The molecule has 0 bridgehead atoms. The molecular weight excluding hydrogens is 248 g/mol. The van der Waals surface area contributed by atoms with Crippen molar-refractivity contribution < 1.29 is 0 Å². The van der Waals surface area contributed by atoms with E-state index in [0.717, 1.165) is 17.1 Å². The van der Waals surface area contributed by atoms with Gasteiger partial charge in [-0.15, -0.1) is 10.2 Å². The Kier molecular flexibility index (Phi) is 4.12. The van der Waals surface area contributed by atoms with Crippen LogP contribution in [-0.2, 0) is 0 Å². The second kappa shape index (κ2) is 5.80. The van der Waals surface area contributed by atoms with Crippen molar-refractivity contribution in [1.82, 2.24) is 10.2 Å². The fraction of sp³-hybridized carbons (Fsp3) is 0.231. The maximum Gasteiger partial charge on any atom is 0.148 e. The highest BCUT2D eigenvalue weighted by molar-refractivity contribution is 6.30. The van der Waals surface area contributed by atoms with Crippen LogP contribution in [0.2, 0.25) is 5.02 Å². The molecule has 3 N–H and O–H groups in total. The molecule has 0 amide bonds. The molecule has 0 aliphatic rings. The van der Waals surface area contributed by atoms with Crippen LogP contribution in [0.3, 0.4) is 0 Å². The van der Waals surface area contributed by atoms with Gasteiger partial charge in [0.1, 0.15) is 5.82 Å². The monoisotopic (exact) mass is 262 g/mol. The first-order valence-electron chi connectivity index (χ1n) is 5.75. The third kappa shape index (κ3) is 3.18. The van der Waals surface area contributed by atoms with Crippen LogP contribution < -0.4 is 11.1 Å². The van der Waals surface area contributed by atoms with Gasteiger partial charge in [0.25, 0.3) is 0 Å². The van der Waals surface area contributed by atoms with Gasteiger partial charge in [0.15, 0.2) is 0 Å². The van der Waals surface area contributed by atoms with Gasteiger partial charge in [-0.25, -0.2) is 0 Å². The molecule has 1 atom stereocenters. The molecule has 2 rings (SSSR count). The molecule has 1 unspecified atom stereocenters. The molecule has 0 radical (unpaired) electrons. The van der Waals surface area contributed by atoms with Crippen LogP contribution in [0, 0.1) is 0 Å². The standard InChI is InChI=1S/C13H15ClN4/c1-9(8-15)16-13-7-6-12(17-18-13)10-2-4-11(14)5-3-10/h2-7,9H,8,15H2,1H3,(H,16,18). The molecule has 0 saturated heterocycles. The number of nitrogens with two attached hydrogens (primary N) is 1. The summed E-state index contributed by atoms with van der Waals surface area (Å²) in [7, 11) is 0. The fourth-order valence-electron chi connectivity index (χ4n) is 1.50. The Hall–Kier alpha value is -1.65. The highest BCUT2D eigenvalue weighted by Crippen LogP contribution is 2.19. The summed E-state index contributed by atoms with van der Waals surface area (Å²) in [5.41, 5.74) is 7.34. The SMILES string of the molecule is CC(CN)Nc1ccc(-c2ccc(Cl)cc2)nn1. The van der Waals surface area contributed by atoms with Gasteiger partial charge in [-0.3, -0.25) is 0 Å². The first kappa shape index (κ1) is 12.8. The number of hydrogen-bond acceptors (Lipinski definition) is 4. The van der Waals surface area contributed by atoms with Crippen molar-refractivity contribution in [3.8, 4) is 11.3 Å². The summed E-state index contributed by atoms with van der Waals surface area (Å²) in [5, 5.41) is 12.2. The summed E-state index contributed by atoms with van der Waals surface area (Å²) >= 11 is 5.84. The number of hydrogen-bond donors (Lipinski definition) is 2. The number of benzene rings is 1. The Morgan fingerprint density at radius 1 is 1.17 bits per heavy atom. The Morgan fingerprint density at radius 2 is 1.89 bits per heavy atom. The van der Waals surface area contributed by atoms with Gasteiger partial charge in [-0.05, 0) is 31.2 Å². The molecule has 0 spiro atoms. The summed E-state index contributed by atoms with van der Waals surface area (Å²) < 4.78 is 0. The van der Waals surface area contributed by atoms with Gasteiger partial charge < -0.3 is 11.1 Å². The molecule has 1 aromatic heterocycles. The highest BCUT2D eigenvalue weighted by atomic mass is 35.5. The lowest BCUT2D eigenvalue weighted by Crippen LogP contribution is -2.25. The largest absolute Gasteiger partial charge is 0.365 e. The first-order chi connectivity index (χ1) is 8.69. The van der Waals surface area contributed by atoms with Crippen molar-refractivity contribution >= 4 is 17.4 Å². The normalized spacial score (nSPS) is 12.2. The number of nitrogens with zero attached hydrogens (tertiary/aromatic N) is 2. The summed E-state index contributed by atoms with van der Waals surface area (Å²) in [6, 6.07) is 11.5. The van der Waals surface area contributed by atoms with Gasteiger partial charge in [-0.1, -0.05) is 23.7 Å². The molecule has 0 fully saturated rings. The Labute approximate surface area is 111 Å². The second-order valence-electron chi connectivity index (χ2n) is 4.09. The predicted molar refractivity (Wildman–Crippen MR) is 74.6 cm³/mol. The zero-order valence-electron chi connectivity index (χ0n) is 10.1. The maximum absolute atomic E-state index is 5.84. The van der Waals surface area contributed by atoms with E-state index in [1.54, 1.807) is 0 Å². The number of aromatic nitrogens is 2. The third-order valence-corrected chi connectivity index (χ3v) is 2.80. The zero-order chi connectivity index (χ0) is 13.0. The Morgan fingerprint density at radius 3 is 2.44 bits per heavy atom. The molecule has 0 aliphatic carbocycles. The van der Waals surface area contributed by atoms with Crippen LogP contribution >= 0.6 is 11.6 Å². The van der Waals surface area contributed by atoms with Crippen LogP contribution in [0.1, 0.15) is 6.92 Å². The van der Waals surface area contributed by atoms with Crippen LogP contribution in [-0.4, -0.2) is 22.8 Å². The smallest absolute Gasteiger partial charge is 0.148 e. The van der Waals surface area contributed by atoms with Crippen molar-refractivity contribution in [1.29, 1.82) is 0 Å². The predicted octanol–water partition coefficient (Wildman–Crippen LogP) is 2.56. The molecule has 0 aliphatic heterocycles. The molecule has 5 heteroatoms. The number of nitrogens with one attached hydrogen (secondary N) is 1. The fourth-order valence-corrected chi connectivity index (χ4v) is 1.62. The molecule has 94 valence electrons. The molecular formula is C13H15ClN4. The topological polar surface area (TPSA) is 63.8 Å². The Bertz CT molecular complexity index is 495. The number of rotatable bonds is 4. The van der Waals surface area contributed by atoms with Gasteiger partial charge in [0.2, 0.25) is 0 Å². The molecule has 1 aromatic carbocycles. The number of anilines is 1. The maximum atomic E-state index is 5.84. The van der Waals surface area contributed by atoms with Gasteiger partial charge in [0.05, 0.1) is 5.69 Å². The Balaban J connectivity index is 2.14. The van der Waals surface area contributed by atoms with Crippen LogP contribution in [0.4, 0.5) is 5.82 Å².